The van der Waals surface area contributed by atoms with E-state index in [0.717, 1.165) is 25.5 Å². The summed E-state index contributed by atoms with van der Waals surface area (Å²) in [6, 6.07) is 8.89. The van der Waals surface area contributed by atoms with Crippen LogP contribution in [0.25, 0.3) is 0 Å². The van der Waals surface area contributed by atoms with Crippen LogP contribution in [-0.4, -0.2) is 27.6 Å². The maximum atomic E-state index is 12.7. The van der Waals surface area contributed by atoms with E-state index in [1.54, 1.807) is 35.6 Å². The first-order valence-electron chi connectivity index (χ1n) is 8.21. The zero-order chi connectivity index (χ0) is 18.2. The largest absolute Gasteiger partial charge is 0.319 e. The lowest BCUT2D eigenvalue weighted by Gasteiger charge is -2.20. The number of nitrogens with one attached hydrogen (secondary N) is 1. The van der Waals surface area contributed by atoms with Gasteiger partial charge in [-0.15, -0.1) is 11.3 Å². The molecule has 1 aliphatic carbocycles. The quantitative estimate of drug-likeness (QED) is 0.885. The molecule has 0 spiro atoms. The first-order valence-corrected chi connectivity index (χ1v) is 10.9. The fourth-order valence-corrected chi connectivity index (χ4v) is 4.65. The fourth-order valence-electron chi connectivity index (χ4n) is 3.03. The number of rotatable bonds is 4. The lowest BCUT2D eigenvalue weighted by molar-refractivity contribution is 0.103. The number of anilines is 2. The highest BCUT2D eigenvalue weighted by molar-refractivity contribution is 7.92. The number of sulfonamides is 1. The van der Waals surface area contributed by atoms with Gasteiger partial charge in [0, 0.05) is 11.9 Å². The first kappa shape index (κ1) is 17.9. The summed E-state index contributed by atoms with van der Waals surface area (Å²) in [6.45, 7) is 2.23. The molecule has 1 amide bonds. The Morgan fingerprint density at radius 3 is 2.76 bits per heavy atom. The van der Waals surface area contributed by atoms with Crippen molar-refractivity contribution >= 4 is 38.6 Å². The topological polar surface area (TPSA) is 66.5 Å². The van der Waals surface area contributed by atoms with Gasteiger partial charge in [0.1, 0.15) is 0 Å². The molecule has 5 nitrogen and oxygen atoms in total. The third-order valence-electron chi connectivity index (χ3n) is 4.54. The van der Waals surface area contributed by atoms with Crippen LogP contribution in [0.3, 0.4) is 0 Å². The summed E-state index contributed by atoms with van der Waals surface area (Å²) < 4.78 is 24.8. The Bertz CT molecular complexity index is 903. The average molecular weight is 379 g/mol. The summed E-state index contributed by atoms with van der Waals surface area (Å²) in [5.74, 6) is 0.462. The molecular formula is C18H22N2O3S2. The Hall–Kier alpha value is -1.86. The third-order valence-corrected chi connectivity index (χ3v) is 6.97. The van der Waals surface area contributed by atoms with Crippen molar-refractivity contribution in [2.75, 3.05) is 22.9 Å². The van der Waals surface area contributed by atoms with Gasteiger partial charge in [-0.1, -0.05) is 19.1 Å². The van der Waals surface area contributed by atoms with E-state index >= 15 is 0 Å². The Morgan fingerprint density at radius 1 is 1.32 bits per heavy atom. The number of carbonyl (C=O) groups is 1. The van der Waals surface area contributed by atoms with E-state index in [0.29, 0.717) is 22.2 Å². The number of para-hydroxylation sites is 2. The average Bonchev–Trinajstić information content (AvgIpc) is 2.97. The number of thiophene rings is 1. The minimum Gasteiger partial charge on any atom is -0.319 e. The summed E-state index contributed by atoms with van der Waals surface area (Å²) in [6.07, 6.45) is 4.35. The molecule has 1 unspecified atom stereocenters. The lowest BCUT2D eigenvalue weighted by atomic mass is 9.90. The number of benzene rings is 1. The minimum absolute atomic E-state index is 0.193. The zero-order valence-corrected chi connectivity index (χ0v) is 16.2. The highest BCUT2D eigenvalue weighted by Gasteiger charge is 2.22. The molecule has 0 bridgehead atoms. The monoisotopic (exact) mass is 378 g/mol. The van der Waals surface area contributed by atoms with Crippen molar-refractivity contribution in [3.63, 3.8) is 0 Å². The number of nitrogens with zero attached hydrogens (tertiary/aromatic N) is 1. The van der Waals surface area contributed by atoms with Crippen molar-refractivity contribution in [3.8, 4) is 0 Å². The molecule has 0 saturated carbocycles. The highest BCUT2D eigenvalue weighted by Crippen LogP contribution is 2.33. The molecule has 0 fully saturated rings. The molecule has 1 aliphatic rings. The second-order valence-electron chi connectivity index (χ2n) is 6.61. The Morgan fingerprint density at radius 2 is 2.04 bits per heavy atom. The van der Waals surface area contributed by atoms with E-state index in [1.807, 2.05) is 6.07 Å². The second-order valence-corrected chi connectivity index (χ2v) is 9.76. The predicted octanol–water partition coefficient (Wildman–Crippen LogP) is 3.52. The van der Waals surface area contributed by atoms with Gasteiger partial charge in [-0.2, -0.15) is 0 Å². The minimum atomic E-state index is -3.40. The zero-order valence-electron chi connectivity index (χ0n) is 14.6. The summed E-state index contributed by atoms with van der Waals surface area (Å²) in [5.41, 5.74) is 2.21. The van der Waals surface area contributed by atoms with Crippen molar-refractivity contribution in [1.82, 2.24) is 0 Å². The van der Waals surface area contributed by atoms with Gasteiger partial charge in [0.2, 0.25) is 10.0 Å². The van der Waals surface area contributed by atoms with Gasteiger partial charge < -0.3 is 5.32 Å². The molecule has 0 radical (unpaired) electrons. The molecule has 3 rings (SSSR count). The molecule has 1 N–H and O–H groups in total. The molecule has 1 aromatic heterocycles. The summed E-state index contributed by atoms with van der Waals surface area (Å²) in [4.78, 5) is 14.6. The molecule has 0 aliphatic heterocycles. The molecule has 0 saturated heterocycles. The van der Waals surface area contributed by atoms with Gasteiger partial charge in [0.15, 0.2) is 0 Å². The number of amides is 1. The number of aryl methyl sites for hydroxylation is 1. The third kappa shape index (κ3) is 3.88. The summed E-state index contributed by atoms with van der Waals surface area (Å²) >= 11 is 1.54. The van der Waals surface area contributed by atoms with Crippen molar-refractivity contribution in [2.45, 2.75) is 26.2 Å². The normalized spacial score (nSPS) is 17.0. The van der Waals surface area contributed by atoms with E-state index in [2.05, 4.69) is 12.2 Å². The van der Waals surface area contributed by atoms with Gasteiger partial charge in [-0.25, -0.2) is 8.42 Å². The van der Waals surface area contributed by atoms with Gasteiger partial charge in [0.05, 0.1) is 22.5 Å². The Labute approximate surface area is 152 Å². The van der Waals surface area contributed by atoms with Crippen LogP contribution in [0.4, 0.5) is 11.4 Å². The molecule has 134 valence electrons. The SMILES string of the molecule is CC1CCc2sc(C(=O)Nc3ccccc3N(C)S(C)(=O)=O)cc2C1. The van der Waals surface area contributed by atoms with E-state index in [-0.39, 0.29) is 5.91 Å². The lowest BCUT2D eigenvalue weighted by Crippen LogP contribution is -2.26. The van der Waals surface area contributed by atoms with Crippen LogP contribution in [0.5, 0.6) is 0 Å². The van der Waals surface area contributed by atoms with Crippen LogP contribution in [0.15, 0.2) is 30.3 Å². The second kappa shape index (κ2) is 6.80. The van der Waals surface area contributed by atoms with E-state index in [4.69, 9.17) is 0 Å². The molecule has 1 heterocycles. The Balaban J connectivity index is 1.85. The van der Waals surface area contributed by atoms with Crippen LogP contribution >= 0.6 is 11.3 Å². The number of hydrogen-bond acceptors (Lipinski definition) is 4. The van der Waals surface area contributed by atoms with Crippen molar-refractivity contribution in [1.29, 1.82) is 0 Å². The smallest absolute Gasteiger partial charge is 0.265 e. The molecular weight excluding hydrogens is 356 g/mol. The van der Waals surface area contributed by atoms with E-state index in [9.17, 15) is 13.2 Å². The van der Waals surface area contributed by atoms with Crippen LogP contribution in [0.2, 0.25) is 0 Å². The standard InChI is InChI=1S/C18H22N2O3S2/c1-12-8-9-16-13(10-12)11-17(24-16)18(21)19-14-6-4-5-7-15(14)20(2)25(3,22)23/h4-7,11-12H,8-10H2,1-3H3,(H,19,21). The maximum absolute atomic E-state index is 12.7. The van der Waals surface area contributed by atoms with Crippen molar-refractivity contribution in [2.24, 2.45) is 5.92 Å². The maximum Gasteiger partial charge on any atom is 0.265 e. The highest BCUT2D eigenvalue weighted by atomic mass is 32.2. The molecule has 7 heteroatoms. The number of fused-ring (bicyclic) bond motifs is 1. The first-order chi connectivity index (χ1) is 11.8. The van der Waals surface area contributed by atoms with Gasteiger partial charge in [-0.3, -0.25) is 9.10 Å². The number of carbonyl (C=O) groups excluding carboxylic acids is 1. The predicted molar refractivity (Wildman–Crippen MR) is 103 cm³/mol. The van der Waals surface area contributed by atoms with Gasteiger partial charge >= 0.3 is 0 Å². The van der Waals surface area contributed by atoms with E-state index in [1.165, 1.54) is 21.8 Å². The van der Waals surface area contributed by atoms with Crippen molar-refractivity contribution in [3.05, 3.63) is 45.6 Å². The number of hydrogen-bond donors (Lipinski definition) is 1. The van der Waals surface area contributed by atoms with Gasteiger partial charge in [-0.05, 0) is 48.9 Å². The van der Waals surface area contributed by atoms with Crippen LogP contribution < -0.4 is 9.62 Å². The molecule has 1 aromatic carbocycles. The molecule has 1 atom stereocenters. The summed E-state index contributed by atoms with van der Waals surface area (Å²) in [5, 5.41) is 2.87. The molecule has 25 heavy (non-hydrogen) atoms. The fraction of sp³-hybridized carbons (Fsp3) is 0.389. The van der Waals surface area contributed by atoms with Crippen LogP contribution in [0, 0.1) is 5.92 Å². The molecule has 2 aromatic rings. The summed E-state index contributed by atoms with van der Waals surface area (Å²) in [7, 11) is -1.92. The Kier molecular flexibility index (Phi) is 4.88. The van der Waals surface area contributed by atoms with Gasteiger partial charge in [0.25, 0.3) is 5.91 Å². The van der Waals surface area contributed by atoms with Crippen LogP contribution in [-0.2, 0) is 22.9 Å². The van der Waals surface area contributed by atoms with E-state index < -0.39 is 10.0 Å². The van der Waals surface area contributed by atoms with Crippen LogP contribution in [0.1, 0.15) is 33.5 Å². The van der Waals surface area contributed by atoms with Crippen molar-refractivity contribution < 1.29 is 13.2 Å².